The summed E-state index contributed by atoms with van der Waals surface area (Å²) in [6.45, 7) is 2.03. The van der Waals surface area contributed by atoms with Gasteiger partial charge in [-0.15, -0.1) is 0 Å². The van der Waals surface area contributed by atoms with Crippen molar-refractivity contribution in [2.75, 3.05) is 26.7 Å². The summed E-state index contributed by atoms with van der Waals surface area (Å²) in [5.74, 6) is 1.04. The van der Waals surface area contributed by atoms with Crippen LogP contribution in [0.3, 0.4) is 0 Å². The molecule has 0 atom stereocenters. The molecule has 0 unspecified atom stereocenters. The van der Waals surface area contributed by atoms with E-state index in [4.69, 9.17) is 4.74 Å². The van der Waals surface area contributed by atoms with E-state index in [0.717, 1.165) is 24.3 Å². The van der Waals surface area contributed by atoms with Crippen molar-refractivity contribution in [1.82, 2.24) is 9.80 Å². The Hall–Kier alpha value is -2.08. The molecule has 1 N–H and O–H groups in total. The Kier molecular flexibility index (Phi) is 3.95. The predicted molar refractivity (Wildman–Crippen MR) is 91.2 cm³/mol. The van der Waals surface area contributed by atoms with Gasteiger partial charge in [0.15, 0.2) is 0 Å². The molecule has 1 aliphatic carbocycles. The fourth-order valence-corrected chi connectivity index (χ4v) is 4.36. The van der Waals surface area contributed by atoms with Crippen LogP contribution in [0, 0.1) is 0 Å². The van der Waals surface area contributed by atoms with Crippen LogP contribution in [0.1, 0.15) is 31.2 Å². The van der Waals surface area contributed by atoms with E-state index < -0.39 is 11.5 Å². The molecule has 1 saturated carbocycles. The minimum Gasteiger partial charge on any atom is -0.497 e. The van der Waals surface area contributed by atoms with Crippen LogP contribution in [0.5, 0.6) is 5.75 Å². The van der Waals surface area contributed by atoms with Crippen molar-refractivity contribution in [2.45, 2.75) is 43.2 Å². The molecule has 2 saturated heterocycles. The molecule has 1 aromatic rings. The monoisotopic (exact) mass is 344 g/mol. The van der Waals surface area contributed by atoms with Gasteiger partial charge in [-0.2, -0.15) is 0 Å². The van der Waals surface area contributed by atoms with Gasteiger partial charge in [-0.3, -0.25) is 9.59 Å². The van der Waals surface area contributed by atoms with Crippen LogP contribution in [-0.4, -0.2) is 65.6 Å². The van der Waals surface area contributed by atoms with Gasteiger partial charge in [0, 0.05) is 26.1 Å². The minimum atomic E-state index is -0.633. The smallest absolute Gasteiger partial charge is 0.233 e. The zero-order valence-electron chi connectivity index (χ0n) is 14.5. The van der Waals surface area contributed by atoms with Crippen LogP contribution in [0.2, 0.25) is 0 Å². The number of nitrogens with zero attached hydrogens (tertiary/aromatic N) is 2. The Morgan fingerprint density at radius 1 is 1.24 bits per heavy atom. The number of rotatable bonds is 4. The lowest BCUT2D eigenvalue weighted by Crippen LogP contribution is -2.66. The molecule has 0 aromatic heterocycles. The molecule has 1 aromatic carbocycles. The van der Waals surface area contributed by atoms with Crippen LogP contribution in [0.4, 0.5) is 0 Å². The Balaban J connectivity index is 1.48. The molecule has 2 aliphatic heterocycles. The van der Waals surface area contributed by atoms with Gasteiger partial charge in [-0.1, -0.05) is 12.1 Å². The summed E-state index contributed by atoms with van der Waals surface area (Å²) in [4.78, 5) is 28.8. The van der Waals surface area contributed by atoms with E-state index in [1.165, 1.54) is 0 Å². The fraction of sp³-hybridized carbons (Fsp3) is 0.579. The average molecular weight is 344 g/mol. The summed E-state index contributed by atoms with van der Waals surface area (Å²) in [6, 6.07) is 7.72. The molecule has 134 valence electrons. The molecule has 0 spiro atoms. The van der Waals surface area contributed by atoms with Crippen molar-refractivity contribution >= 4 is 11.8 Å². The highest BCUT2D eigenvalue weighted by atomic mass is 16.5. The van der Waals surface area contributed by atoms with Gasteiger partial charge in [0.05, 0.1) is 24.7 Å². The molecule has 6 heteroatoms. The number of amides is 2. The molecule has 2 amide bonds. The first-order valence-electron chi connectivity index (χ1n) is 8.95. The number of likely N-dealkylation sites (tertiary alicyclic amines) is 2. The SMILES string of the molecule is COc1ccc(C2(C(=O)N3CC(N4CCCC4=O)C3)CC(O)C2)cc1. The summed E-state index contributed by atoms with van der Waals surface area (Å²) in [7, 11) is 1.61. The maximum absolute atomic E-state index is 13.2. The summed E-state index contributed by atoms with van der Waals surface area (Å²) in [6.07, 6.45) is 2.05. The molecule has 25 heavy (non-hydrogen) atoms. The normalized spacial score (nSPS) is 29.4. The fourth-order valence-electron chi connectivity index (χ4n) is 4.36. The van der Waals surface area contributed by atoms with Gasteiger partial charge in [0.1, 0.15) is 5.75 Å². The maximum atomic E-state index is 13.2. The van der Waals surface area contributed by atoms with Crippen molar-refractivity contribution in [3.63, 3.8) is 0 Å². The van der Waals surface area contributed by atoms with Crippen molar-refractivity contribution in [3.8, 4) is 5.75 Å². The van der Waals surface area contributed by atoms with Crippen LogP contribution < -0.4 is 4.74 Å². The second-order valence-corrected chi connectivity index (χ2v) is 7.43. The Bertz CT molecular complexity index is 675. The molecule has 0 bridgehead atoms. The molecular formula is C19H24N2O4. The van der Waals surface area contributed by atoms with E-state index >= 15 is 0 Å². The van der Waals surface area contributed by atoms with E-state index in [1.807, 2.05) is 34.1 Å². The van der Waals surface area contributed by atoms with Gasteiger partial charge >= 0.3 is 0 Å². The first-order chi connectivity index (χ1) is 12.0. The van der Waals surface area contributed by atoms with Gasteiger partial charge in [-0.25, -0.2) is 0 Å². The predicted octanol–water partition coefficient (Wildman–Crippen LogP) is 0.921. The highest BCUT2D eigenvalue weighted by Gasteiger charge is 2.54. The third-order valence-corrected chi connectivity index (χ3v) is 5.92. The Labute approximate surface area is 147 Å². The number of hydrogen-bond acceptors (Lipinski definition) is 4. The number of aliphatic hydroxyl groups excluding tert-OH is 1. The number of methoxy groups -OCH3 is 1. The highest BCUT2D eigenvalue weighted by molar-refractivity contribution is 5.90. The lowest BCUT2D eigenvalue weighted by atomic mass is 9.61. The zero-order chi connectivity index (χ0) is 17.6. The van der Waals surface area contributed by atoms with E-state index in [0.29, 0.717) is 32.4 Å². The van der Waals surface area contributed by atoms with Crippen LogP contribution >= 0.6 is 0 Å². The van der Waals surface area contributed by atoms with Crippen LogP contribution in [-0.2, 0) is 15.0 Å². The molecule has 3 aliphatic rings. The average Bonchev–Trinajstić information content (AvgIpc) is 2.96. The summed E-state index contributed by atoms with van der Waals surface area (Å²) in [5, 5.41) is 9.88. The van der Waals surface area contributed by atoms with Gasteiger partial charge in [0.2, 0.25) is 11.8 Å². The second-order valence-electron chi connectivity index (χ2n) is 7.43. The van der Waals surface area contributed by atoms with Gasteiger partial charge in [-0.05, 0) is 37.0 Å². The number of ether oxygens (including phenoxy) is 1. The first kappa shape index (κ1) is 16.4. The van der Waals surface area contributed by atoms with Crippen molar-refractivity contribution in [2.24, 2.45) is 0 Å². The first-order valence-corrected chi connectivity index (χ1v) is 8.95. The Morgan fingerprint density at radius 3 is 2.44 bits per heavy atom. The van der Waals surface area contributed by atoms with Crippen molar-refractivity contribution < 1.29 is 19.4 Å². The standard InChI is InChI=1S/C19H24N2O4/c1-25-16-6-4-13(5-7-16)19(9-15(22)10-19)18(24)20-11-14(12-20)21-8-2-3-17(21)23/h4-7,14-15,22H,2-3,8-12H2,1H3. The lowest BCUT2D eigenvalue weighted by molar-refractivity contribution is -0.156. The quantitative estimate of drug-likeness (QED) is 0.882. The Morgan fingerprint density at radius 2 is 1.92 bits per heavy atom. The summed E-state index contributed by atoms with van der Waals surface area (Å²) >= 11 is 0. The van der Waals surface area contributed by atoms with Crippen LogP contribution in [0.25, 0.3) is 0 Å². The van der Waals surface area contributed by atoms with E-state index in [-0.39, 0.29) is 17.9 Å². The van der Waals surface area contributed by atoms with Gasteiger partial charge < -0.3 is 19.6 Å². The third-order valence-electron chi connectivity index (χ3n) is 5.92. The number of carbonyl (C=O) groups is 2. The third kappa shape index (κ3) is 2.59. The summed E-state index contributed by atoms with van der Waals surface area (Å²) < 4.78 is 5.19. The molecule has 0 radical (unpaired) electrons. The van der Waals surface area contributed by atoms with Crippen LogP contribution in [0.15, 0.2) is 24.3 Å². The number of benzene rings is 1. The highest BCUT2D eigenvalue weighted by Crippen LogP contribution is 2.46. The van der Waals surface area contributed by atoms with E-state index in [9.17, 15) is 14.7 Å². The molecule has 6 nitrogen and oxygen atoms in total. The molecule has 2 heterocycles. The van der Waals surface area contributed by atoms with Gasteiger partial charge in [0.25, 0.3) is 0 Å². The second kappa shape index (κ2) is 6.02. The lowest BCUT2D eigenvalue weighted by Gasteiger charge is -2.52. The number of carbonyl (C=O) groups excluding carboxylic acids is 2. The number of hydrogen-bond donors (Lipinski definition) is 1. The minimum absolute atomic E-state index is 0.0749. The largest absolute Gasteiger partial charge is 0.497 e. The number of aliphatic hydroxyl groups is 1. The maximum Gasteiger partial charge on any atom is 0.233 e. The topological polar surface area (TPSA) is 70.1 Å². The summed E-state index contributed by atoms with van der Waals surface area (Å²) in [5.41, 5.74) is 0.301. The zero-order valence-corrected chi connectivity index (χ0v) is 14.5. The van der Waals surface area contributed by atoms with Crippen molar-refractivity contribution in [1.29, 1.82) is 0 Å². The molecule has 3 fully saturated rings. The van der Waals surface area contributed by atoms with Crippen molar-refractivity contribution in [3.05, 3.63) is 29.8 Å². The molecule has 4 rings (SSSR count). The molecular weight excluding hydrogens is 320 g/mol. The van der Waals surface area contributed by atoms with E-state index in [1.54, 1.807) is 7.11 Å². The van der Waals surface area contributed by atoms with E-state index in [2.05, 4.69) is 0 Å².